The molecule has 0 aliphatic heterocycles. The number of azo groups is 1. The van der Waals surface area contributed by atoms with Gasteiger partial charge in [-0.15, -0.1) is 5.11 Å². The molecule has 0 aliphatic carbocycles. The first-order valence-electron chi connectivity index (χ1n) is 11.7. The molecule has 0 heterocycles. The van der Waals surface area contributed by atoms with E-state index in [9.17, 15) is 22.9 Å². The second kappa shape index (κ2) is 13.3. The summed E-state index contributed by atoms with van der Waals surface area (Å²) in [6.07, 6.45) is 0.288. The van der Waals surface area contributed by atoms with Crippen molar-refractivity contribution < 1.29 is 57.2 Å². The summed E-state index contributed by atoms with van der Waals surface area (Å²) in [5.41, 5.74) is 0.0911. The van der Waals surface area contributed by atoms with Crippen LogP contribution >= 0.6 is 23.2 Å². The Hall–Kier alpha value is -2.70. The normalized spacial score (nSPS) is 11.4. The average Bonchev–Trinajstić information content (AvgIpc) is 2.89. The van der Waals surface area contributed by atoms with Crippen LogP contribution in [0.15, 0.2) is 75.8 Å². The Bertz CT molecular complexity index is 1730. The number of fused-ring (bicyclic) bond motifs is 1. The van der Waals surface area contributed by atoms with Crippen LogP contribution in [0.2, 0.25) is 10.0 Å². The number of rotatable bonds is 8. The van der Waals surface area contributed by atoms with E-state index < -0.39 is 26.7 Å². The van der Waals surface area contributed by atoms with Gasteiger partial charge in [0.2, 0.25) is 0 Å². The maximum absolute atomic E-state index is 13.5. The SMILES string of the molecule is CCOc1ccc(Cl)c(NC(=O)c2cc3ccccc3c(N=Nc3ccc(CC)c(S(=O)(=O)O)c3Cl)c2[O-])c1.[Na+]. The molecule has 0 saturated carbocycles. The van der Waals surface area contributed by atoms with Crippen molar-refractivity contribution in [2.75, 3.05) is 11.9 Å². The van der Waals surface area contributed by atoms with E-state index in [1.54, 1.807) is 49.4 Å². The molecule has 40 heavy (non-hydrogen) atoms. The fourth-order valence-electron chi connectivity index (χ4n) is 3.95. The minimum absolute atomic E-state index is 0. The molecule has 0 aromatic heterocycles. The molecule has 0 aliphatic rings. The molecular formula is C27H22Cl2N3NaO6S. The summed E-state index contributed by atoms with van der Waals surface area (Å²) >= 11 is 12.5. The van der Waals surface area contributed by atoms with Crippen LogP contribution in [0.1, 0.15) is 29.8 Å². The molecule has 0 fully saturated rings. The fraction of sp³-hybridized carbons (Fsp3) is 0.148. The number of nitrogens with one attached hydrogen (secondary N) is 1. The zero-order valence-corrected chi connectivity index (χ0v) is 26.1. The minimum Gasteiger partial charge on any atom is -0.870 e. The van der Waals surface area contributed by atoms with Crippen LogP contribution in [-0.4, -0.2) is 25.5 Å². The van der Waals surface area contributed by atoms with Gasteiger partial charge >= 0.3 is 29.6 Å². The molecule has 1 amide bonds. The van der Waals surface area contributed by atoms with Crippen LogP contribution in [0.5, 0.6) is 11.5 Å². The van der Waals surface area contributed by atoms with E-state index in [2.05, 4.69) is 15.5 Å². The van der Waals surface area contributed by atoms with Crippen molar-refractivity contribution >= 4 is 67.1 Å². The summed E-state index contributed by atoms with van der Waals surface area (Å²) in [5.74, 6) is -0.956. The molecule has 0 saturated heterocycles. The van der Waals surface area contributed by atoms with E-state index >= 15 is 0 Å². The van der Waals surface area contributed by atoms with Crippen LogP contribution in [-0.2, 0) is 16.5 Å². The number of hydrogen-bond acceptors (Lipinski definition) is 7. The summed E-state index contributed by atoms with van der Waals surface area (Å²) in [6, 6.07) is 15.8. The van der Waals surface area contributed by atoms with E-state index in [-0.39, 0.29) is 68.6 Å². The number of hydrogen-bond donors (Lipinski definition) is 2. The van der Waals surface area contributed by atoms with Gasteiger partial charge in [-0.1, -0.05) is 66.2 Å². The number of anilines is 1. The maximum Gasteiger partial charge on any atom is 1.00 e. The molecular weight excluding hydrogens is 588 g/mol. The zero-order chi connectivity index (χ0) is 28.3. The van der Waals surface area contributed by atoms with E-state index in [1.165, 1.54) is 18.2 Å². The molecule has 0 spiro atoms. The fourth-order valence-corrected chi connectivity index (χ4v) is 5.50. The molecule has 0 unspecified atom stereocenters. The van der Waals surface area contributed by atoms with E-state index in [4.69, 9.17) is 27.9 Å². The molecule has 4 aromatic rings. The van der Waals surface area contributed by atoms with Gasteiger partial charge < -0.3 is 15.2 Å². The summed E-state index contributed by atoms with van der Waals surface area (Å²) < 4.78 is 39.0. The standard InChI is InChI=1S/C27H23Cl2N3O6S.Na/c1-3-15-9-12-21(23(29)26(15)39(35,36)37)31-32-24-18-8-6-5-7-16(18)13-19(25(24)33)27(34)30-22-14-17(38-4-2)10-11-20(22)28;/h5-14,33H,3-4H2,1-2H3,(H,30,34)(H,35,36,37);/q;+1/p-1. The Kier molecular flexibility index (Phi) is 10.6. The average molecular weight is 610 g/mol. The van der Waals surface area contributed by atoms with Crippen molar-refractivity contribution in [3.05, 3.63) is 81.8 Å². The zero-order valence-electron chi connectivity index (χ0n) is 21.7. The first-order valence-corrected chi connectivity index (χ1v) is 13.9. The predicted octanol–water partition coefficient (Wildman–Crippen LogP) is 4.10. The van der Waals surface area contributed by atoms with Gasteiger partial charge in [-0.3, -0.25) is 9.35 Å². The van der Waals surface area contributed by atoms with Crippen LogP contribution in [0.4, 0.5) is 17.1 Å². The Morgan fingerprint density at radius 1 is 1.05 bits per heavy atom. The van der Waals surface area contributed by atoms with E-state index in [1.807, 2.05) is 6.92 Å². The van der Waals surface area contributed by atoms with Crippen LogP contribution in [0.25, 0.3) is 10.8 Å². The van der Waals surface area contributed by atoms with Crippen molar-refractivity contribution in [2.24, 2.45) is 10.2 Å². The quantitative estimate of drug-likeness (QED) is 0.175. The molecule has 0 radical (unpaired) electrons. The Morgan fingerprint density at radius 3 is 2.45 bits per heavy atom. The van der Waals surface area contributed by atoms with E-state index in [0.29, 0.717) is 28.7 Å². The molecule has 0 atom stereocenters. The second-order valence-corrected chi connectivity index (χ2v) is 10.4. The predicted molar refractivity (Wildman–Crippen MR) is 149 cm³/mol. The smallest absolute Gasteiger partial charge is 0.870 e. The first-order chi connectivity index (χ1) is 18.5. The van der Waals surface area contributed by atoms with Gasteiger partial charge in [-0.05, 0) is 48.6 Å². The van der Waals surface area contributed by atoms with Crippen molar-refractivity contribution in [1.29, 1.82) is 0 Å². The number of benzene rings is 4. The summed E-state index contributed by atoms with van der Waals surface area (Å²) in [6.45, 7) is 3.93. The molecule has 4 rings (SSSR count). The Balaban J connectivity index is 0.00000441. The maximum atomic E-state index is 13.5. The summed E-state index contributed by atoms with van der Waals surface area (Å²) in [4.78, 5) is 12.7. The van der Waals surface area contributed by atoms with Gasteiger partial charge in [0.05, 0.1) is 28.0 Å². The molecule has 202 valence electrons. The van der Waals surface area contributed by atoms with Crippen molar-refractivity contribution in [2.45, 2.75) is 25.2 Å². The van der Waals surface area contributed by atoms with Gasteiger partial charge in [-0.2, -0.15) is 13.5 Å². The third-order valence-corrected chi connectivity index (χ3v) is 7.58. The van der Waals surface area contributed by atoms with Gasteiger partial charge in [-0.25, -0.2) is 0 Å². The van der Waals surface area contributed by atoms with Crippen LogP contribution < -0.4 is 44.7 Å². The Morgan fingerprint density at radius 2 is 1.77 bits per heavy atom. The van der Waals surface area contributed by atoms with E-state index in [0.717, 1.165) is 0 Å². The number of aryl methyl sites for hydroxylation is 1. The molecule has 2 N–H and O–H groups in total. The van der Waals surface area contributed by atoms with Crippen molar-refractivity contribution in [3.63, 3.8) is 0 Å². The number of carbonyl (C=O) groups is 1. The number of ether oxygens (including phenoxy) is 1. The van der Waals surface area contributed by atoms with Crippen LogP contribution in [0, 0.1) is 0 Å². The third-order valence-electron chi connectivity index (χ3n) is 5.77. The van der Waals surface area contributed by atoms with Crippen molar-refractivity contribution in [1.82, 2.24) is 0 Å². The number of nitrogens with zero attached hydrogens (tertiary/aromatic N) is 2. The number of amides is 1. The molecule has 4 aromatic carbocycles. The van der Waals surface area contributed by atoms with Gasteiger partial charge in [0, 0.05) is 17.0 Å². The third kappa shape index (κ3) is 6.77. The molecule has 9 nitrogen and oxygen atoms in total. The summed E-state index contributed by atoms with van der Waals surface area (Å²) in [7, 11) is -4.65. The Labute approximate surface area is 263 Å². The minimum atomic E-state index is -4.65. The molecule has 0 bridgehead atoms. The van der Waals surface area contributed by atoms with Gasteiger partial charge in [0.15, 0.2) is 0 Å². The number of halogens is 2. The van der Waals surface area contributed by atoms with Crippen LogP contribution in [0.3, 0.4) is 0 Å². The molecule has 13 heteroatoms. The first kappa shape index (κ1) is 31.8. The topological polar surface area (TPSA) is 140 Å². The summed E-state index contributed by atoms with van der Waals surface area (Å²) in [5, 5.41) is 25.1. The monoisotopic (exact) mass is 609 g/mol. The van der Waals surface area contributed by atoms with Crippen molar-refractivity contribution in [3.8, 4) is 11.5 Å². The largest absolute Gasteiger partial charge is 1.00 e. The second-order valence-electron chi connectivity index (χ2n) is 8.27. The van der Waals surface area contributed by atoms with Gasteiger partial charge in [0.1, 0.15) is 16.3 Å². The number of carbonyl (C=O) groups excluding carboxylic acids is 1. The van der Waals surface area contributed by atoms with Gasteiger partial charge in [0.25, 0.3) is 16.0 Å².